The number of likely N-dealkylation sites (tertiary alicyclic amines) is 1. The molecule has 5 fully saturated rings. The highest BCUT2D eigenvalue weighted by Gasteiger charge is 2.70. The lowest BCUT2D eigenvalue weighted by atomic mass is 9.70. The number of ketones is 1. The minimum atomic E-state index is -3.44. The normalized spacial score (nSPS) is 26.8. The van der Waals surface area contributed by atoms with Crippen LogP contribution in [0.15, 0.2) is 0 Å². The van der Waals surface area contributed by atoms with Gasteiger partial charge in [-0.3, -0.25) is 19.2 Å². The number of urea groups is 1. The summed E-state index contributed by atoms with van der Waals surface area (Å²) in [5, 5.41) is 11.8. The number of carbonyl (C=O) groups excluding carboxylic acids is 5. The Labute approximate surface area is 317 Å². The molecule has 5 aliphatic rings. The lowest BCUT2D eigenvalue weighted by Gasteiger charge is -2.44. The van der Waals surface area contributed by atoms with Crippen molar-refractivity contribution >= 4 is 39.4 Å². The lowest BCUT2D eigenvalue weighted by molar-refractivity contribution is -0.146. The SMILES string of the molecule is CCCNC(=O)C(=O)[C@H](CC1CC1)NC(=O)[C@@H]1[C@@H]2[C@H](CN1C(=O)[C@@H](NC(=O)NC1(CS(=O)(=O)CCC(C)C)CCCCC1)C1(C)CCCCC1)C2(C)C. The zero-order valence-corrected chi connectivity index (χ0v) is 34.0. The van der Waals surface area contributed by atoms with E-state index in [1.165, 1.54) is 0 Å². The molecule has 4 N–H and O–H groups in total. The number of hydrogen-bond donors (Lipinski definition) is 4. The summed E-state index contributed by atoms with van der Waals surface area (Å²) in [6.45, 7) is 12.9. The molecule has 1 heterocycles. The maximum absolute atomic E-state index is 14.9. The van der Waals surface area contributed by atoms with E-state index in [1.54, 1.807) is 4.90 Å². The van der Waals surface area contributed by atoms with E-state index < -0.39 is 62.5 Å². The first-order valence-corrected chi connectivity index (χ1v) is 22.5. The third-order valence-electron chi connectivity index (χ3n) is 13.3. The van der Waals surface area contributed by atoms with Gasteiger partial charge in [0, 0.05) is 13.1 Å². The summed E-state index contributed by atoms with van der Waals surface area (Å²) in [4.78, 5) is 71.1. The summed E-state index contributed by atoms with van der Waals surface area (Å²) in [5.41, 5.74) is -1.66. The second kappa shape index (κ2) is 16.6. The van der Waals surface area contributed by atoms with Crippen molar-refractivity contribution in [2.24, 2.45) is 34.5 Å². The standard InChI is InChI=1S/C40H67N5O7S/c1-7-21-41-35(48)32(46)29(23-27-14-15-27)42-34(47)31-30-28(38(30,4)5)24-45(31)36(49)33(39(6)17-10-8-11-18-39)43-37(50)44-40(19-12-9-13-20-40)25-53(51,52)22-16-26(2)3/h26-31,33H,7-25H2,1-6H3,(H,41,48)(H,42,47)(H2,43,44,50)/t28-,29-,30-,31-,33+/m0/s1. The van der Waals surface area contributed by atoms with Crippen molar-refractivity contribution < 1.29 is 32.4 Å². The molecule has 0 unspecified atom stereocenters. The van der Waals surface area contributed by atoms with Crippen LogP contribution in [-0.4, -0.2) is 91.1 Å². The average Bonchev–Trinajstić information content (AvgIpc) is 3.95. The molecule has 13 heteroatoms. The van der Waals surface area contributed by atoms with Crippen molar-refractivity contribution in [3.05, 3.63) is 0 Å². The van der Waals surface area contributed by atoms with E-state index in [2.05, 4.69) is 35.1 Å². The van der Waals surface area contributed by atoms with Crippen LogP contribution in [0.4, 0.5) is 4.79 Å². The van der Waals surface area contributed by atoms with Crippen molar-refractivity contribution in [3.63, 3.8) is 0 Å². The summed E-state index contributed by atoms with van der Waals surface area (Å²) in [5.74, 6) is -1.68. The fourth-order valence-corrected chi connectivity index (χ4v) is 11.8. The van der Waals surface area contributed by atoms with Gasteiger partial charge in [-0.1, -0.05) is 92.9 Å². The van der Waals surface area contributed by atoms with Crippen molar-refractivity contribution in [1.29, 1.82) is 0 Å². The molecule has 0 radical (unpaired) electrons. The summed E-state index contributed by atoms with van der Waals surface area (Å²) in [7, 11) is -3.44. The molecule has 1 saturated heterocycles. The maximum Gasteiger partial charge on any atom is 0.315 e. The molecule has 1 aliphatic heterocycles. The Bertz CT molecular complexity index is 1480. The fraction of sp³-hybridized carbons (Fsp3) is 0.875. The van der Waals surface area contributed by atoms with Gasteiger partial charge >= 0.3 is 6.03 Å². The Morgan fingerprint density at radius 2 is 1.49 bits per heavy atom. The van der Waals surface area contributed by atoms with Crippen molar-refractivity contribution in [1.82, 2.24) is 26.2 Å². The smallest absolute Gasteiger partial charge is 0.315 e. The van der Waals surface area contributed by atoms with E-state index in [9.17, 15) is 32.4 Å². The number of carbonyl (C=O) groups is 5. The molecule has 0 spiro atoms. The van der Waals surface area contributed by atoms with Crippen LogP contribution in [0.1, 0.15) is 138 Å². The first kappa shape index (κ1) is 41.5. The lowest BCUT2D eigenvalue weighted by Crippen LogP contribution is -2.64. The number of hydrogen-bond acceptors (Lipinski definition) is 7. The first-order chi connectivity index (χ1) is 24.9. The molecule has 5 amide bonds. The zero-order chi connectivity index (χ0) is 38.8. The van der Waals surface area contributed by atoms with Gasteiger partial charge in [0.1, 0.15) is 12.1 Å². The van der Waals surface area contributed by atoms with E-state index in [4.69, 9.17) is 0 Å². The van der Waals surface area contributed by atoms with E-state index in [1.807, 2.05) is 27.7 Å². The zero-order valence-electron chi connectivity index (χ0n) is 33.2. The van der Waals surface area contributed by atoms with E-state index in [-0.39, 0.29) is 46.5 Å². The van der Waals surface area contributed by atoms with Crippen LogP contribution in [0, 0.1) is 34.5 Å². The molecule has 300 valence electrons. The molecule has 0 aromatic rings. The third kappa shape index (κ3) is 9.95. The van der Waals surface area contributed by atoms with Gasteiger partial charge in [-0.2, -0.15) is 0 Å². The average molecular weight is 762 g/mol. The predicted octanol–water partition coefficient (Wildman–Crippen LogP) is 4.65. The Hall–Kier alpha value is -2.70. The van der Waals surface area contributed by atoms with Gasteiger partial charge in [0.25, 0.3) is 5.91 Å². The number of piperidine rings is 1. The van der Waals surface area contributed by atoms with E-state index in [0.717, 1.165) is 64.2 Å². The van der Waals surface area contributed by atoms with Crippen LogP contribution >= 0.6 is 0 Å². The van der Waals surface area contributed by atoms with Crippen molar-refractivity contribution in [3.8, 4) is 0 Å². The quantitative estimate of drug-likeness (QED) is 0.156. The molecule has 0 bridgehead atoms. The van der Waals surface area contributed by atoms with Crippen LogP contribution in [0.25, 0.3) is 0 Å². The fourth-order valence-electron chi connectivity index (χ4n) is 9.67. The number of rotatable bonds is 17. The summed E-state index contributed by atoms with van der Waals surface area (Å²) < 4.78 is 26.7. The Morgan fingerprint density at radius 1 is 0.868 bits per heavy atom. The number of amides is 5. The molecule has 4 saturated carbocycles. The molecular weight excluding hydrogens is 695 g/mol. The highest BCUT2D eigenvalue weighted by molar-refractivity contribution is 7.91. The van der Waals surface area contributed by atoms with Gasteiger partial charge in [0.05, 0.1) is 23.1 Å². The summed E-state index contributed by atoms with van der Waals surface area (Å²) in [6.07, 6.45) is 11.6. The predicted molar refractivity (Wildman–Crippen MR) is 204 cm³/mol. The summed E-state index contributed by atoms with van der Waals surface area (Å²) in [6, 6.07) is -3.29. The van der Waals surface area contributed by atoms with Crippen LogP contribution in [0.3, 0.4) is 0 Å². The second-order valence-electron chi connectivity index (χ2n) is 18.6. The Balaban J connectivity index is 1.38. The Kier molecular flexibility index (Phi) is 13.0. The topological polar surface area (TPSA) is 171 Å². The van der Waals surface area contributed by atoms with Gasteiger partial charge in [-0.25, -0.2) is 13.2 Å². The van der Waals surface area contributed by atoms with Gasteiger partial charge < -0.3 is 26.2 Å². The number of Topliss-reactive ketones (excluding diaryl/α,β-unsaturated/α-hetero) is 1. The highest BCUT2D eigenvalue weighted by atomic mass is 32.2. The Morgan fingerprint density at radius 3 is 2.08 bits per heavy atom. The highest BCUT2D eigenvalue weighted by Crippen LogP contribution is 2.65. The molecule has 0 aromatic carbocycles. The maximum atomic E-state index is 14.9. The van der Waals surface area contributed by atoms with Gasteiger partial charge in [0.2, 0.25) is 17.6 Å². The molecule has 5 atom stereocenters. The molecule has 4 aliphatic carbocycles. The second-order valence-corrected chi connectivity index (χ2v) is 20.8. The van der Waals surface area contributed by atoms with Crippen LogP contribution in [0.2, 0.25) is 0 Å². The molecular formula is C40H67N5O7S. The number of sulfone groups is 1. The van der Waals surface area contributed by atoms with E-state index in [0.29, 0.717) is 45.2 Å². The first-order valence-electron chi connectivity index (χ1n) is 20.6. The molecule has 12 nitrogen and oxygen atoms in total. The number of nitrogens with zero attached hydrogens (tertiary/aromatic N) is 1. The largest absolute Gasteiger partial charge is 0.349 e. The minimum absolute atomic E-state index is 0.0719. The number of fused-ring (bicyclic) bond motifs is 1. The molecule has 53 heavy (non-hydrogen) atoms. The van der Waals surface area contributed by atoms with Crippen molar-refractivity contribution in [2.45, 2.75) is 162 Å². The van der Waals surface area contributed by atoms with Crippen LogP contribution in [0.5, 0.6) is 0 Å². The molecule has 5 rings (SSSR count). The van der Waals surface area contributed by atoms with Gasteiger partial charge in [-0.15, -0.1) is 0 Å². The summed E-state index contributed by atoms with van der Waals surface area (Å²) >= 11 is 0. The van der Waals surface area contributed by atoms with Crippen LogP contribution < -0.4 is 21.3 Å². The number of nitrogens with one attached hydrogen (secondary N) is 4. The van der Waals surface area contributed by atoms with E-state index >= 15 is 0 Å². The molecule has 0 aromatic heterocycles. The van der Waals surface area contributed by atoms with Gasteiger partial charge in [-0.05, 0) is 79.4 Å². The monoisotopic (exact) mass is 761 g/mol. The minimum Gasteiger partial charge on any atom is -0.349 e. The van der Waals surface area contributed by atoms with Crippen molar-refractivity contribution in [2.75, 3.05) is 24.6 Å². The van der Waals surface area contributed by atoms with Gasteiger partial charge in [0.15, 0.2) is 9.84 Å². The van der Waals surface area contributed by atoms with Crippen LogP contribution in [-0.2, 0) is 29.0 Å². The third-order valence-corrected chi connectivity index (χ3v) is 15.2.